The minimum atomic E-state index is -0.381. The molecule has 0 saturated heterocycles. The molecular formula is C23H21F2N3. The molecule has 3 aromatic rings. The minimum Gasteiger partial charge on any atom is -0.248 e. The van der Waals surface area contributed by atoms with Gasteiger partial charge in [0.25, 0.3) is 0 Å². The molecule has 0 aliphatic rings. The van der Waals surface area contributed by atoms with Crippen LogP contribution in [0.2, 0.25) is 0 Å². The van der Waals surface area contributed by atoms with Gasteiger partial charge in [-0.2, -0.15) is 0 Å². The first-order valence-electron chi connectivity index (χ1n) is 8.94. The Labute approximate surface area is 163 Å². The Morgan fingerprint density at radius 3 is 1.57 bits per heavy atom. The molecular weight excluding hydrogens is 356 g/mol. The highest BCUT2D eigenvalue weighted by molar-refractivity contribution is 6.02. The molecule has 2 aromatic carbocycles. The van der Waals surface area contributed by atoms with E-state index >= 15 is 0 Å². The summed E-state index contributed by atoms with van der Waals surface area (Å²) in [5, 5.41) is 0. The Hall–Kier alpha value is -3.21. The van der Waals surface area contributed by atoms with Crippen molar-refractivity contribution in [3.63, 3.8) is 0 Å². The summed E-state index contributed by atoms with van der Waals surface area (Å²) in [7, 11) is 0. The molecule has 0 unspecified atom stereocenters. The largest absolute Gasteiger partial charge is 0.248 e. The lowest BCUT2D eigenvalue weighted by Crippen LogP contribution is -2.05. The molecule has 0 aliphatic carbocycles. The minimum absolute atomic E-state index is 0.275. The van der Waals surface area contributed by atoms with Gasteiger partial charge in [-0.15, -0.1) is 0 Å². The second kappa shape index (κ2) is 8.21. The Morgan fingerprint density at radius 1 is 0.714 bits per heavy atom. The number of pyridine rings is 1. The van der Waals surface area contributed by atoms with Crippen molar-refractivity contribution in [2.24, 2.45) is 9.98 Å². The van der Waals surface area contributed by atoms with Crippen LogP contribution in [-0.4, -0.2) is 16.4 Å². The second-order valence-corrected chi connectivity index (χ2v) is 6.71. The number of nitrogens with zero attached hydrogens (tertiary/aromatic N) is 3. The Balaban J connectivity index is 1.95. The standard InChI is InChI=1S/C23H21F2N3/c1-14-8-10-18(24)22(12-14)26-16(3)20-6-5-7-21(28-20)17(4)27-23-13-15(2)9-11-19(23)25/h5-13H,1-4H3. The van der Waals surface area contributed by atoms with E-state index < -0.39 is 0 Å². The van der Waals surface area contributed by atoms with Gasteiger partial charge in [-0.3, -0.25) is 0 Å². The molecule has 1 aromatic heterocycles. The van der Waals surface area contributed by atoms with Crippen LogP contribution in [0.25, 0.3) is 0 Å². The molecule has 3 rings (SSSR count). The van der Waals surface area contributed by atoms with E-state index in [4.69, 9.17) is 0 Å². The van der Waals surface area contributed by atoms with Crippen LogP contribution >= 0.6 is 0 Å². The number of rotatable bonds is 4. The normalized spacial score (nSPS) is 12.4. The van der Waals surface area contributed by atoms with Gasteiger partial charge in [0.1, 0.15) is 11.6 Å². The highest BCUT2D eigenvalue weighted by Gasteiger charge is 2.08. The predicted molar refractivity (Wildman–Crippen MR) is 110 cm³/mol. The number of benzene rings is 2. The smallest absolute Gasteiger partial charge is 0.148 e. The lowest BCUT2D eigenvalue weighted by molar-refractivity contribution is 0.629. The van der Waals surface area contributed by atoms with Gasteiger partial charge in [-0.05, 0) is 75.2 Å². The summed E-state index contributed by atoms with van der Waals surface area (Å²) >= 11 is 0. The maximum absolute atomic E-state index is 14.0. The molecule has 0 amide bonds. The van der Waals surface area contributed by atoms with Crippen molar-refractivity contribution < 1.29 is 8.78 Å². The number of aromatic nitrogens is 1. The number of aliphatic imine (C=N–C) groups is 2. The molecule has 0 aliphatic heterocycles. The molecule has 0 spiro atoms. The van der Waals surface area contributed by atoms with Crippen LogP contribution in [0, 0.1) is 25.5 Å². The van der Waals surface area contributed by atoms with Gasteiger partial charge in [-0.25, -0.2) is 23.7 Å². The molecule has 1 heterocycles. The van der Waals surface area contributed by atoms with Gasteiger partial charge in [0.05, 0.1) is 34.2 Å². The van der Waals surface area contributed by atoms with E-state index in [1.807, 2.05) is 19.9 Å². The van der Waals surface area contributed by atoms with E-state index in [-0.39, 0.29) is 23.0 Å². The molecule has 0 fully saturated rings. The van der Waals surface area contributed by atoms with E-state index in [0.29, 0.717) is 22.8 Å². The maximum Gasteiger partial charge on any atom is 0.148 e. The average Bonchev–Trinajstić information content (AvgIpc) is 2.67. The highest BCUT2D eigenvalue weighted by atomic mass is 19.1. The summed E-state index contributed by atoms with van der Waals surface area (Å²) in [6, 6.07) is 15.0. The number of hydrogen-bond acceptors (Lipinski definition) is 3. The monoisotopic (exact) mass is 377 g/mol. The summed E-state index contributed by atoms with van der Waals surface area (Å²) in [6.07, 6.45) is 0. The Morgan fingerprint density at radius 2 is 1.14 bits per heavy atom. The third-order valence-corrected chi connectivity index (χ3v) is 4.27. The third kappa shape index (κ3) is 4.55. The van der Waals surface area contributed by atoms with Crippen molar-refractivity contribution >= 4 is 22.8 Å². The summed E-state index contributed by atoms with van der Waals surface area (Å²) in [5.41, 5.74) is 4.79. The number of halogens is 2. The van der Waals surface area contributed by atoms with Crippen LogP contribution in [0.3, 0.4) is 0 Å². The van der Waals surface area contributed by atoms with E-state index in [2.05, 4.69) is 15.0 Å². The average molecular weight is 377 g/mol. The predicted octanol–water partition coefficient (Wildman–Crippen LogP) is 6.26. The van der Waals surface area contributed by atoms with Crippen molar-refractivity contribution in [2.75, 3.05) is 0 Å². The van der Waals surface area contributed by atoms with Gasteiger partial charge in [-0.1, -0.05) is 18.2 Å². The van der Waals surface area contributed by atoms with Crippen LogP contribution in [0.5, 0.6) is 0 Å². The topological polar surface area (TPSA) is 37.6 Å². The van der Waals surface area contributed by atoms with Crippen LogP contribution in [0.1, 0.15) is 36.4 Å². The zero-order valence-corrected chi connectivity index (χ0v) is 16.3. The number of aryl methyl sites for hydroxylation is 2. The van der Waals surface area contributed by atoms with Crippen LogP contribution in [0.4, 0.5) is 20.2 Å². The van der Waals surface area contributed by atoms with Crippen LogP contribution < -0.4 is 0 Å². The molecule has 0 bridgehead atoms. The first kappa shape index (κ1) is 19.5. The Kier molecular flexibility index (Phi) is 5.73. The zero-order valence-electron chi connectivity index (χ0n) is 16.3. The summed E-state index contributed by atoms with van der Waals surface area (Å²) in [5.74, 6) is -0.762. The molecule has 0 saturated carbocycles. The van der Waals surface area contributed by atoms with Gasteiger partial charge in [0.2, 0.25) is 0 Å². The maximum atomic E-state index is 14.0. The number of hydrogen-bond donors (Lipinski definition) is 0. The van der Waals surface area contributed by atoms with Gasteiger partial charge in [0.15, 0.2) is 0 Å². The fourth-order valence-corrected chi connectivity index (χ4v) is 2.73. The van der Waals surface area contributed by atoms with Gasteiger partial charge >= 0.3 is 0 Å². The van der Waals surface area contributed by atoms with E-state index in [1.54, 1.807) is 50.2 Å². The van der Waals surface area contributed by atoms with Crippen molar-refractivity contribution in [2.45, 2.75) is 27.7 Å². The lowest BCUT2D eigenvalue weighted by Gasteiger charge is -2.06. The molecule has 28 heavy (non-hydrogen) atoms. The van der Waals surface area contributed by atoms with Crippen molar-refractivity contribution in [3.05, 3.63) is 88.7 Å². The summed E-state index contributed by atoms with van der Waals surface area (Å²) < 4.78 is 28.0. The molecule has 142 valence electrons. The summed E-state index contributed by atoms with van der Waals surface area (Å²) in [6.45, 7) is 7.33. The van der Waals surface area contributed by atoms with E-state index in [0.717, 1.165) is 11.1 Å². The Bertz CT molecular complexity index is 1000. The SMILES string of the molecule is CC(=Nc1cc(C)ccc1F)c1cccc(C(C)=Nc2cc(C)ccc2F)n1. The highest BCUT2D eigenvalue weighted by Crippen LogP contribution is 2.22. The molecule has 0 radical (unpaired) electrons. The van der Waals surface area contributed by atoms with E-state index in [9.17, 15) is 8.78 Å². The fourth-order valence-electron chi connectivity index (χ4n) is 2.73. The second-order valence-electron chi connectivity index (χ2n) is 6.71. The van der Waals surface area contributed by atoms with Crippen molar-refractivity contribution in [3.8, 4) is 0 Å². The zero-order chi connectivity index (χ0) is 20.3. The molecule has 3 nitrogen and oxygen atoms in total. The quantitative estimate of drug-likeness (QED) is 0.495. The third-order valence-electron chi connectivity index (χ3n) is 4.27. The van der Waals surface area contributed by atoms with Crippen molar-refractivity contribution in [1.29, 1.82) is 0 Å². The molecule has 0 N–H and O–H groups in total. The van der Waals surface area contributed by atoms with Gasteiger partial charge < -0.3 is 0 Å². The first-order chi connectivity index (χ1) is 13.3. The van der Waals surface area contributed by atoms with E-state index in [1.165, 1.54) is 12.1 Å². The van der Waals surface area contributed by atoms with Crippen molar-refractivity contribution in [1.82, 2.24) is 4.98 Å². The lowest BCUT2D eigenvalue weighted by atomic mass is 10.2. The molecule has 0 atom stereocenters. The van der Waals surface area contributed by atoms with Crippen LogP contribution in [0.15, 0.2) is 64.6 Å². The molecule has 5 heteroatoms. The van der Waals surface area contributed by atoms with Gasteiger partial charge in [0, 0.05) is 0 Å². The fraction of sp³-hybridized carbons (Fsp3) is 0.174. The van der Waals surface area contributed by atoms with Crippen LogP contribution in [-0.2, 0) is 0 Å². The summed E-state index contributed by atoms with van der Waals surface area (Å²) in [4.78, 5) is 13.3. The first-order valence-corrected chi connectivity index (χ1v) is 8.94.